The summed E-state index contributed by atoms with van der Waals surface area (Å²) in [7, 11) is 3.99. The Kier molecular flexibility index (Phi) is 4.90. The predicted molar refractivity (Wildman–Crippen MR) is 77.3 cm³/mol. The van der Waals surface area contributed by atoms with Crippen molar-refractivity contribution in [1.29, 1.82) is 0 Å². The van der Waals surface area contributed by atoms with E-state index >= 15 is 0 Å². The number of nitrogens with zero attached hydrogens (tertiary/aromatic N) is 3. The molecule has 0 fully saturated rings. The predicted octanol–water partition coefficient (Wildman–Crippen LogP) is 1.65. The largest absolute Gasteiger partial charge is 0.365 e. The molecule has 1 aromatic heterocycles. The van der Waals surface area contributed by atoms with E-state index in [0.717, 1.165) is 30.5 Å². The second-order valence-electron chi connectivity index (χ2n) is 5.56. The lowest BCUT2D eigenvalue weighted by atomic mass is 10.1. The van der Waals surface area contributed by atoms with Crippen LogP contribution in [0, 0.1) is 6.92 Å². The highest BCUT2D eigenvalue weighted by Gasteiger charge is 2.12. The summed E-state index contributed by atoms with van der Waals surface area (Å²) in [5, 5.41) is 6.52. The molecule has 18 heavy (non-hydrogen) atoms. The molecule has 1 rings (SSSR count). The quantitative estimate of drug-likeness (QED) is 0.833. The molecular weight excluding hydrogens is 226 g/mol. The molecule has 0 aliphatic carbocycles. The summed E-state index contributed by atoms with van der Waals surface area (Å²) in [6, 6.07) is 1.99. The number of hydrogen-bond donors (Lipinski definition) is 2. The van der Waals surface area contributed by atoms with E-state index in [0.29, 0.717) is 0 Å². The fourth-order valence-electron chi connectivity index (χ4n) is 1.59. The zero-order chi connectivity index (χ0) is 13.8. The molecule has 0 aromatic carbocycles. The van der Waals surface area contributed by atoms with Crippen molar-refractivity contribution in [3.8, 4) is 0 Å². The van der Waals surface area contributed by atoms with Gasteiger partial charge in [-0.15, -0.1) is 0 Å². The third-order valence-corrected chi connectivity index (χ3v) is 2.42. The van der Waals surface area contributed by atoms with Gasteiger partial charge in [-0.2, -0.15) is 0 Å². The van der Waals surface area contributed by atoms with Crippen LogP contribution in [-0.2, 0) is 0 Å². The Hall–Kier alpha value is -1.36. The molecule has 2 N–H and O–H groups in total. The second kappa shape index (κ2) is 6.00. The van der Waals surface area contributed by atoms with Crippen molar-refractivity contribution >= 4 is 11.6 Å². The number of hydrogen-bond acceptors (Lipinski definition) is 5. The fraction of sp³-hybridized carbons (Fsp3) is 0.692. The molecule has 0 saturated carbocycles. The Bertz CT molecular complexity index is 383. The van der Waals surface area contributed by atoms with Gasteiger partial charge in [-0.3, -0.25) is 0 Å². The zero-order valence-electron chi connectivity index (χ0n) is 12.3. The monoisotopic (exact) mass is 251 g/mol. The molecule has 0 saturated heterocycles. The van der Waals surface area contributed by atoms with Crippen LogP contribution in [0.5, 0.6) is 0 Å². The Labute approximate surface area is 110 Å². The first kappa shape index (κ1) is 14.7. The van der Waals surface area contributed by atoms with Crippen molar-refractivity contribution < 1.29 is 0 Å². The molecule has 102 valence electrons. The minimum absolute atomic E-state index is 0.00160. The maximum absolute atomic E-state index is 4.46. The molecule has 0 unspecified atom stereocenters. The smallest absolute Gasteiger partial charge is 0.134 e. The molecule has 1 aromatic rings. The van der Waals surface area contributed by atoms with E-state index in [4.69, 9.17) is 0 Å². The van der Waals surface area contributed by atoms with Gasteiger partial charge >= 0.3 is 0 Å². The van der Waals surface area contributed by atoms with E-state index in [1.165, 1.54) is 0 Å². The number of nitrogens with one attached hydrogen (secondary N) is 2. The van der Waals surface area contributed by atoms with Crippen LogP contribution in [0.15, 0.2) is 6.07 Å². The van der Waals surface area contributed by atoms with Gasteiger partial charge in [-0.05, 0) is 34.7 Å². The number of likely N-dealkylation sites (N-methyl/N-ethyl adjacent to an activating group) is 2. The van der Waals surface area contributed by atoms with Gasteiger partial charge in [-0.25, -0.2) is 9.97 Å². The van der Waals surface area contributed by atoms with E-state index in [1.54, 1.807) is 0 Å². The highest BCUT2D eigenvalue weighted by atomic mass is 15.2. The number of rotatable bonds is 5. The average molecular weight is 251 g/mol. The number of aromatic nitrogens is 2. The third kappa shape index (κ3) is 4.87. The van der Waals surface area contributed by atoms with Gasteiger partial charge in [0, 0.05) is 31.7 Å². The Morgan fingerprint density at radius 1 is 1.28 bits per heavy atom. The SMILES string of the molecule is CNCCN(C)c1cc(NC(C)(C)C)nc(C)n1. The van der Waals surface area contributed by atoms with Gasteiger partial charge in [0.25, 0.3) is 0 Å². The molecule has 5 nitrogen and oxygen atoms in total. The molecule has 5 heteroatoms. The molecule has 0 radical (unpaired) electrons. The zero-order valence-corrected chi connectivity index (χ0v) is 12.3. The molecule has 1 heterocycles. The van der Waals surface area contributed by atoms with E-state index in [1.807, 2.05) is 27.1 Å². The molecule has 0 aliphatic rings. The Balaban J connectivity index is 2.86. The molecule has 0 bridgehead atoms. The van der Waals surface area contributed by atoms with Crippen molar-refractivity contribution in [1.82, 2.24) is 15.3 Å². The molecule has 0 amide bonds. The van der Waals surface area contributed by atoms with E-state index in [-0.39, 0.29) is 5.54 Å². The fourth-order valence-corrected chi connectivity index (χ4v) is 1.59. The minimum atomic E-state index is 0.00160. The van der Waals surface area contributed by atoms with Gasteiger partial charge < -0.3 is 15.5 Å². The van der Waals surface area contributed by atoms with Crippen molar-refractivity contribution in [3.63, 3.8) is 0 Å². The van der Waals surface area contributed by atoms with Crippen LogP contribution in [-0.4, -0.2) is 42.7 Å². The lowest BCUT2D eigenvalue weighted by Crippen LogP contribution is -2.29. The average Bonchev–Trinajstić information content (AvgIpc) is 2.22. The van der Waals surface area contributed by atoms with Crippen LogP contribution in [0.25, 0.3) is 0 Å². The first-order valence-corrected chi connectivity index (χ1v) is 6.31. The van der Waals surface area contributed by atoms with Crippen molar-refractivity contribution in [2.24, 2.45) is 0 Å². The van der Waals surface area contributed by atoms with Crippen LogP contribution in [0.4, 0.5) is 11.6 Å². The minimum Gasteiger partial charge on any atom is -0.365 e. The molecule has 0 aliphatic heterocycles. The van der Waals surface area contributed by atoms with Gasteiger partial charge in [0.1, 0.15) is 17.5 Å². The van der Waals surface area contributed by atoms with Gasteiger partial charge in [0.05, 0.1) is 0 Å². The summed E-state index contributed by atoms with van der Waals surface area (Å²) in [5.74, 6) is 2.61. The van der Waals surface area contributed by atoms with Crippen molar-refractivity contribution in [3.05, 3.63) is 11.9 Å². The number of aryl methyl sites for hydroxylation is 1. The summed E-state index contributed by atoms with van der Waals surface area (Å²) in [5.41, 5.74) is 0.00160. The van der Waals surface area contributed by atoms with Crippen LogP contribution in [0.1, 0.15) is 26.6 Å². The maximum Gasteiger partial charge on any atom is 0.134 e. The van der Waals surface area contributed by atoms with Gasteiger partial charge in [0.15, 0.2) is 0 Å². The van der Waals surface area contributed by atoms with E-state index < -0.39 is 0 Å². The summed E-state index contributed by atoms with van der Waals surface area (Å²) in [6.45, 7) is 10.1. The lowest BCUT2D eigenvalue weighted by molar-refractivity contribution is 0.629. The third-order valence-electron chi connectivity index (χ3n) is 2.42. The first-order valence-electron chi connectivity index (χ1n) is 6.31. The van der Waals surface area contributed by atoms with Gasteiger partial charge in [0.2, 0.25) is 0 Å². The highest BCUT2D eigenvalue weighted by Crippen LogP contribution is 2.17. The summed E-state index contributed by atoms with van der Waals surface area (Å²) >= 11 is 0. The molecular formula is C13H25N5. The van der Waals surface area contributed by atoms with Gasteiger partial charge in [-0.1, -0.05) is 0 Å². The topological polar surface area (TPSA) is 53.1 Å². The van der Waals surface area contributed by atoms with Crippen LogP contribution in [0.3, 0.4) is 0 Å². The maximum atomic E-state index is 4.46. The number of anilines is 2. The Morgan fingerprint density at radius 3 is 2.50 bits per heavy atom. The second-order valence-corrected chi connectivity index (χ2v) is 5.56. The first-order chi connectivity index (χ1) is 8.31. The summed E-state index contributed by atoms with van der Waals surface area (Å²) in [6.07, 6.45) is 0. The van der Waals surface area contributed by atoms with Crippen LogP contribution < -0.4 is 15.5 Å². The lowest BCUT2D eigenvalue weighted by Gasteiger charge is -2.23. The van der Waals surface area contributed by atoms with Crippen LogP contribution in [0.2, 0.25) is 0 Å². The van der Waals surface area contributed by atoms with Crippen molar-refractivity contribution in [2.75, 3.05) is 37.4 Å². The highest BCUT2D eigenvalue weighted by molar-refractivity contribution is 5.49. The van der Waals surface area contributed by atoms with E-state index in [9.17, 15) is 0 Å². The molecule has 0 atom stereocenters. The normalized spacial score (nSPS) is 11.4. The van der Waals surface area contributed by atoms with Crippen LogP contribution >= 0.6 is 0 Å². The van der Waals surface area contributed by atoms with E-state index in [2.05, 4.69) is 46.3 Å². The summed E-state index contributed by atoms with van der Waals surface area (Å²) < 4.78 is 0. The standard InChI is InChI=1S/C13H25N5/c1-10-15-11(17-13(2,3)4)9-12(16-10)18(6)8-7-14-5/h9,14H,7-8H2,1-6H3,(H,15,16,17). The molecule has 0 spiro atoms. The van der Waals surface area contributed by atoms with Crippen molar-refractivity contribution in [2.45, 2.75) is 33.2 Å². The Morgan fingerprint density at radius 2 is 1.94 bits per heavy atom. The summed E-state index contributed by atoms with van der Waals surface area (Å²) in [4.78, 5) is 11.0.